The largest absolute Gasteiger partial charge is 0.389 e. The molecule has 0 saturated heterocycles. The van der Waals surface area contributed by atoms with Crippen LogP contribution in [-0.2, 0) is 10.8 Å². The number of halogens is 1. The molecule has 0 aromatic heterocycles. The van der Waals surface area contributed by atoms with Gasteiger partial charge in [0.1, 0.15) is 6.10 Å². The van der Waals surface area contributed by atoms with Gasteiger partial charge in [-0.15, -0.1) is 11.6 Å². The molecule has 0 saturated carbocycles. The van der Waals surface area contributed by atoms with Crippen molar-refractivity contribution in [2.75, 3.05) is 5.88 Å². The number of aryl methyl sites for hydroxylation is 1. The fraction of sp³-hybridized carbons (Fsp3) is 0.667. The summed E-state index contributed by atoms with van der Waals surface area (Å²) in [4.78, 5) is 0. The molecule has 0 spiro atoms. The standard InChI is InChI=1S/C18H27ClO2/c1-11-8-13-14(9-12(11)16(21)15(20)10-19)18(4,5)7-6-17(13,2)3/h8-9,15-16,20-21H,6-7,10H2,1-5H3. The second-order valence-electron chi connectivity index (χ2n) is 7.69. The Bertz CT molecular complexity index is 534. The maximum atomic E-state index is 10.3. The minimum atomic E-state index is -0.928. The Hall–Kier alpha value is -0.570. The van der Waals surface area contributed by atoms with Gasteiger partial charge >= 0.3 is 0 Å². The molecule has 1 aromatic rings. The molecule has 2 nitrogen and oxygen atoms in total. The third kappa shape index (κ3) is 2.99. The minimum Gasteiger partial charge on any atom is -0.389 e. The van der Waals surface area contributed by atoms with Crippen LogP contribution >= 0.6 is 11.6 Å². The van der Waals surface area contributed by atoms with E-state index in [0.29, 0.717) is 0 Å². The summed E-state index contributed by atoms with van der Waals surface area (Å²) >= 11 is 5.68. The molecule has 1 aliphatic carbocycles. The first kappa shape index (κ1) is 16.8. The van der Waals surface area contributed by atoms with Crippen molar-refractivity contribution in [1.29, 1.82) is 0 Å². The maximum absolute atomic E-state index is 10.3. The third-order valence-electron chi connectivity index (χ3n) is 5.08. The van der Waals surface area contributed by atoms with E-state index in [1.807, 2.05) is 6.92 Å². The number of aliphatic hydroxyl groups excluding tert-OH is 2. The molecule has 0 radical (unpaired) electrons. The Labute approximate surface area is 133 Å². The number of fused-ring (bicyclic) bond motifs is 1. The van der Waals surface area contributed by atoms with Gasteiger partial charge in [0.2, 0.25) is 0 Å². The lowest BCUT2D eigenvalue weighted by Gasteiger charge is -2.42. The predicted molar refractivity (Wildman–Crippen MR) is 88.2 cm³/mol. The van der Waals surface area contributed by atoms with Crippen molar-refractivity contribution in [2.24, 2.45) is 0 Å². The molecule has 118 valence electrons. The molecule has 2 N–H and O–H groups in total. The third-order valence-corrected chi connectivity index (χ3v) is 5.40. The zero-order valence-corrected chi connectivity index (χ0v) is 14.5. The Morgan fingerprint density at radius 3 is 2.00 bits per heavy atom. The van der Waals surface area contributed by atoms with E-state index in [1.165, 1.54) is 17.5 Å². The summed E-state index contributed by atoms with van der Waals surface area (Å²) in [6.45, 7) is 11.1. The summed E-state index contributed by atoms with van der Waals surface area (Å²) in [5.41, 5.74) is 4.74. The molecule has 0 fully saturated rings. The zero-order chi connectivity index (χ0) is 16.0. The van der Waals surface area contributed by atoms with Crippen LogP contribution in [0.25, 0.3) is 0 Å². The van der Waals surface area contributed by atoms with Crippen molar-refractivity contribution in [2.45, 2.75) is 70.5 Å². The summed E-state index contributed by atoms with van der Waals surface area (Å²) in [7, 11) is 0. The summed E-state index contributed by atoms with van der Waals surface area (Å²) in [6.07, 6.45) is 0.444. The van der Waals surface area contributed by atoms with Crippen molar-refractivity contribution in [1.82, 2.24) is 0 Å². The lowest BCUT2D eigenvalue weighted by Crippen LogP contribution is -2.34. The first-order valence-corrected chi connectivity index (χ1v) is 8.21. The molecule has 0 amide bonds. The molecule has 2 rings (SSSR count). The first-order valence-electron chi connectivity index (χ1n) is 7.68. The highest BCUT2D eigenvalue weighted by molar-refractivity contribution is 6.18. The monoisotopic (exact) mass is 310 g/mol. The molecule has 21 heavy (non-hydrogen) atoms. The van der Waals surface area contributed by atoms with Gasteiger partial charge in [-0.3, -0.25) is 0 Å². The Morgan fingerprint density at radius 2 is 1.52 bits per heavy atom. The van der Waals surface area contributed by atoms with Crippen LogP contribution in [0, 0.1) is 6.92 Å². The molecule has 2 atom stereocenters. The molecular formula is C18H27ClO2. The Balaban J connectivity index is 2.59. The highest BCUT2D eigenvalue weighted by Gasteiger charge is 2.38. The number of hydrogen-bond acceptors (Lipinski definition) is 2. The summed E-state index contributed by atoms with van der Waals surface area (Å²) in [5.74, 6) is 0.0343. The lowest BCUT2D eigenvalue weighted by atomic mass is 9.62. The number of alkyl halides is 1. The van der Waals surface area contributed by atoms with Gasteiger partial charge in [0.15, 0.2) is 0 Å². The summed E-state index contributed by atoms with van der Waals surface area (Å²) < 4.78 is 0. The van der Waals surface area contributed by atoms with E-state index in [-0.39, 0.29) is 16.7 Å². The number of aliphatic hydroxyl groups is 2. The molecule has 0 bridgehead atoms. The van der Waals surface area contributed by atoms with E-state index >= 15 is 0 Å². The second-order valence-corrected chi connectivity index (χ2v) is 8.00. The smallest absolute Gasteiger partial charge is 0.106 e. The van der Waals surface area contributed by atoms with Gasteiger partial charge in [-0.2, -0.15) is 0 Å². The number of benzene rings is 1. The SMILES string of the molecule is Cc1cc2c(cc1C(O)C(O)CCl)C(C)(C)CCC2(C)C. The Morgan fingerprint density at radius 1 is 1.05 bits per heavy atom. The molecule has 3 heteroatoms. The average Bonchev–Trinajstić information content (AvgIpc) is 2.42. The quantitative estimate of drug-likeness (QED) is 0.829. The van der Waals surface area contributed by atoms with Crippen LogP contribution in [0.2, 0.25) is 0 Å². The highest BCUT2D eigenvalue weighted by atomic mass is 35.5. The minimum absolute atomic E-state index is 0.0343. The molecular weight excluding hydrogens is 284 g/mol. The van der Waals surface area contributed by atoms with Gasteiger partial charge in [0.05, 0.1) is 12.0 Å². The van der Waals surface area contributed by atoms with Crippen LogP contribution in [-0.4, -0.2) is 22.2 Å². The average molecular weight is 311 g/mol. The van der Waals surface area contributed by atoms with Crippen LogP contribution in [0.4, 0.5) is 0 Å². The molecule has 2 unspecified atom stereocenters. The van der Waals surface area contributed by atoms with E-state index < -0.39 is 12.2 Å². The first-order chi connectivity index (χ1) is 9.60. The van der Waals surface area contributed by atoms with E-state index in [0.717, 1.165) is 17.5 Å². The fourth-order valence-electron chi connectivity index (χ4n) is 3.35. The van der Waals surface area contributed by atoms with Crippen LogP contribution < -0.4 is 0 Å². The lowest BCUT2D eigenvalue weighted by molar-refractivity contribution is 0.0321. The normalized spacial score (nSPS) is 22.5. The van der Waals surface area contributed by atoms with Crippen molar-refractivity contribution >= 4 is 11.6 Å². The predicted octanol–water partition coefficient (Wildman–Crippen LogP) is 3.98. The molecule has 1 aliphatic rings. The highest BCUT2D eigenvalue weighted by Crippen LogP contribution is 2.47. The van der Waals surface area contributed by atoms with Crippen molar-refractivity contribution in [3.05, 3.63) is 34.4 Å². The van der Waals surface area contributed by atoms with Gasteiger partial charge in [0, 0.05) is 0 Å². The topological polar surface area (TPSA) is 40.5 Å². The Kier molecular flexibility index (Phi) is 4.45. The summed E-state index contributed by atoms with van der Waals surface area (Å²) in [5, 5.41) is 20.2. The maximum Gasteiger partial charge on any atom is 0.106 e. The van der Waals surface area contributed by atoms with E-state index in [4.69, 9.17) is 11.6 Å². The van der Waals surface area contributed by atoms with Crippen LogP contribution in [0.1, 0.15) is 68.9 Å². The van der Waals surface area contributed by atoms with Gasteiger partial charge in [-0.05, 0) is 52.8 Å². The van der Waals surface area contributed by atoms with Crippen molar-refractivity contribution < 1.29 is 10.2 Å². The number of rotatable bonds is 3. The van der Waals surface area contributed by atoms with Gasteiger partial charge in [-0.25, -0.2) is 0 Å². The van der Waals surface area contributed by atoms with Crippen molar-refractivity contribution in [3.8, 4) is 0 Å². The number of hydrogen-bond donors (Lipinski definition) is 2. The zero-order valence-electron chi connectivity index (χ0n) is 13.7. The molecule has 0 aliphatic heterocycles. The van der Waals surface area contributed by atoms with Gasteiger partial charge in [-0.1, -0.05) is 39.8 Å². The van der Waals surface area contributed by atoms with Gasteiger partial charge in [0.25, 0.3) is 0 Å². The van der Waals surface area contributed by atoms with E-state index in [1.54, 1.807) is 0 Å². The summed E-state index contributed by atoms with van der Waals surface area (Å²) in [6, 6.07) is 4.28. The van der Waals surface area contributed by atoms with Crippen molar-refractivity contribution in [3.63, 3.8) is 0 Å². The van der Waals surface area contributed by atoms with E-state index in [2.05, 4.69) is 39.8 Å². The molecule has 1 aromatic carbocycles. The van der Waals surface area contributed by atoms with Crippen LogP contribution in [0.5, 0.6) is 0 Å². The fourth-order valence-corrected chi connectivity index (χ4v) is 3.52. The molecule has 0 heterocycles. The van der Waals surface area contributed by atoms with Gasteiger partial charge < -0.3 is 10.2 Å². The van der Waals surface area contributed by atoms with Crippen LogP contribution in [0.15, 0.2) is 12.1 Å². The van der Waals surface area contributed by atoms with Crippen LogP contribution in [0.3, 0.4) is 0 Å². The van der Waals surface area contributed by atoms with E-state index in [9.17, 15) is 10.2 Å². The second kappa shape index (κ2) is 5.57.